The van der Waals surface area contributed by atoms with E-state index in [-0.39, 0.29) is 11.3 Å². The topological polar surface area (TPSA) is 83.6 Å². The van der Waals surface area contributed by atoms with Crippen LogP contribution in [0.25, 0.3) is 0 Å². The number of benzene rings is 1. The van der Waals surface area contributed by atoms with Gasteiger partial charge >= 0.3 is 0 Å². The van der Waals surface area contributed by atoms with E-state index in [1.165, 1.54) is 18.2 Å². The van der Waals surface area contributed by atoms with Crippen LogP contribution in [-0.4, -0.2) is 26.6 Å². The first kappa shape index (κ1) is 13.1. The van der Waals surface area contributed by atoms with Gasteiger partial charge in [-0.15, -0.1) is 0 Å². The number of aliphatic hydroxyl groups excluding tert-OH is 2. The van der Waals surface area contributed by atoms with Gasteiger partial charge < -0.3 is 10.2 Å². The number of halogens is 1. The summed E-state index contributed by atoms with van der Waals surface area (Å²) in [6.07, 6.45) is -1.92. The Morgan fingerprint density at radius 3 is 2.56 bits per heavy atom. The van der Waals surface area contributed by atoms with Gasteiger partial charge in [0.05, 0.1) is 16.6 Å². The van der Waals surface area contributed by atoms with Crippen molar-refractivity contribution in [2.75, 3.05) is 5.33 Å². The van der Waals surface area contributed by atoms with Crippen LogP contribution in [0.4, 0.5) is 5.69 Å². The smallest absolute Gasteiger partial charge is 0.275 e. The second-order valence-corrected chi connectivity index (χ2v) is 4.10. The van der Waals surface area contributed by atoms with E-state index < -0.39 is 17.1 Å². The maximum Gasteiger partial charge on any atom is 0.275 e. The van der Waals surface area contributed by atoms with Gasteiger partial charge in [-0.25, -0.2) is 0 Å². The fraction of sp³-hybridized carbons (Fsp3) is 0.400. The quantitative estimate of drug-likeness (QED) is 0.492. The molecule has 0 saturated heterocycles. The molecule has 2 N–H and O–H groups in total. The molecule has 88 valence electrons. The van der Waals surface area contributed by atoms with E-state index in [1.54, 1.807) is 6.07 Å². The van der Waals surface area contributed by atoms with Gasteiger partial charge in [0.1, 0.15) is 6.10 Å². The summed E-state index contributed by atoms with van der Waals surface area (Å²) >= 11 is 3.13. The Bertz CT molecular complexity index is 372. The predicted molar refractivity (Wildman–Crippen MR) is 62.5 cm³/mol. The molecule has 0 heterocycles. The molecule has 1 aromatic rings. The van der Waals surface area contributed by atoms with Gasteiger partial charge in [-0.05, 0) is 12.5 Å². The van der Waals surface area contributed by atoms with E-state index in [4.69, 9.17) is 0 Å². The molecule has 0 radical (unpaired) electrons. The highest BCUT2D eigenvalue weighted by Gasteiger charge is 2.25. The fourth-order valence-corrected chi connectivity index (χ4v) is 1.85. The standard InChI is InChI=1S/C10H12BrNO4/c11-6-5-9(13)10(14)7-3-1-2-4-8(7)12(15)16/h1-4,9-10,13-14H,5-6H2. The summed E-state index contributed by atoms with van der Waals surface area (Å²) in [4.78, 5) is 10.1. The number of aliphatic hydroxyl groups is 2. The lowest BCUT2D eigenvalue weighted by atomic mass is 10.0. The minimum absolute atomic E-state index is 0.140. The van der Waals surface area contributed by atoms with E-state index >= 15 is 0 Å². The normalized spacial score (nSPS) is 14.4. The van der Waals surface area contributed by atoms with Crippen LogP contribution < -0.4 is 0 Å². The second kappa shape index (κ2) is 5.93. The summed E-state index contributed by atoms with van der Waals surface area (Å²) in [6, 6.07) is 5.86. The maximum absolute atomic E-state index is 10.7. The summed E-state index contributed by atoms with van der Waals surface area (Å²) in [7, 11) is 0. The van der Waals surface area contributed by atoms with Crippen molar-refractivity contribution in [3.63, 3.8) is 0 Å². The van der Waals surface area contributed by atoms with E-state index in [1.807, 2.05) is 0 Å². The number of alkyl halides is 1. The first-order valence-electron chi connectivity index (χ1n) is 4.73. The molecule has 16 heavy (non-hydrogen) atoms. The van der Waals surface area contributed by atoms with Gasteiger partial charge in [0.2, 0.25) is 0 Å². The highest BCUT2D eigenvalue weighted by atomic mass is 79.9. The van der Waals surface area contributed by atoms with Crippen LogP contribution in [0, 0.1) is 10.1 Å². The molecule has 0 bridgehead atoms. The Kier molecular flexibility index (Phi) is 4.85. The molecule has 1 aromatic carbocycles. The highest BCUT2D eigenvalue weighted by molar-refractivity contribution is 9.09. The lowest BCUT2D eigenvalue weighted by Gasteiger charge is -2.16. The molecule has 1 rings (SSSR count). The van der Waals surface area contributed by atoms with Crippen LogP contribution in [-0.2, 0) is 0 Å². The molecular weight excluding hydrogens is 278 g/mol. The Labute approximate surface area is 101 Å². The number of hydrogen-bond donors (Lipinski definition) is 2. The SMILES string of the molecule is O=[N+]([O-])c1ccccc1C(O)C(O)CCBr. The lowest BCUT2D eigenvalue weighted by molar-refractivity contribution is -0.386. The minimum atomic E-state index is -1.24. The van der Waals surface area contributed by atoms with Gasteiger partial charge in [-0.1, -0.05) is 28.1 Å². The largest absolute Gasteiger partial charge is 0.390 e. The molecule has 0 fully saturated rings. The van der Waals surface area contributed by atoms with Crippen molar-refractivity contribution in [1.29, 1.82) is 0 Å². The Morgan fingerprint density at radius 1 is 1.38 bits per heavy atom. The number of nitro groups is 1. The lowest BCUT2D eigenvalue weighted by Crippen LogP contribution is -2.19. The number of para-hydroxylation sites is 1. The van der Waals surface area contributed by atoms with E-state index in [9.17, 15) is 20.3 Å². The zero-order valence-corrected chi connectivity index (χ0v) is 10.0. The van der Waals surface area contributed by atoms with Gasteiger partial charge in [0.25, 0.3) is 5.69 Å². The molecule has 0 amide bonds. The summed E-state index contributed by atoms with van der Waals surface area (Å²) in [5.74, 6) is 0. The van der Waals surface area contributed by atoms with Crippen molar-refractivity contribution in [2.45, 2.75) is 18.6 Å². The number of nitrogens with zero attached hydrogens (tertiary/aromatic N) is 1. The molecule has 6 heteroatoms. The van der Waals surface area contributed by atoms with Crippen LogP contribution in [0.2, 0.25) is 0 Å². The molecule has 0 aromatic heterocycles. The highest BCUT2D eigenvalue weighted by Crippen LogP contribution is 2.27. The molecule has 0 spiro atoms. The Balaban J connectivity index is 2.98. The third-order valence-electron chi connectivity index (χ3n) is 2.22. The Morgan fingerprint density at radius 2 is 2.00 bits per heavy atom. The molecule has 2 atom stereocenters. The average molecular weight is 290 g/mol. The van der Waals surface area contributed by atoms with E-state index in [0.717, 1.165) is 0 Å². The maximum atomic E-state index is 10.7. The van der Waals surface area contributed by atoms with Crippen molar-refractivity contribution in [3.8, 4) is 0 Å². The summed E-state index contributed by atoms with van der Waals surface area (Å²) in [5.41, 5.74) is -0.0374. The van der Waals surface area contributed by atoms with Crippen molar-refractivity contribution in [3.05, 3.63) is 39.9 Å². The summed E-state index contributed by atoms with van der Waals surface area (Å²) in [5, 5.41) is 30.6. The number of hydrogen-bond acceptors (Lipinski definition) is 4. The summed E-state index contributed by atoms with van der Waals surface area (Å²) < 4.78 is 0. The fourth-order valence-electron chi connectivity index (χ4n) is 1.38. The molecule has 0 aliphatic carbocycles. The number of nitro benzene ring substituents is 1. The monoisotopic (exact) mass is 289 g/mol. The van der Waals surface area contributed by atoms with Gasteiger partial charge in [0.15, 0.2) is 0 Å². The van der Waals surface area contributed by atoms with Crippen molar-refractivity contribution < 1.29 is 15.1 Å². The van der Waals surface area contributed by atoms with Crippen molar-refractivity contribution in [2.24, 2.45) is 0 Å². The van der Waals surface area contributed by atoms with Crippen LogP contribution in [0.15, 0.2) is 24.3 Å². The van der Waals surface area contributed by atoms with Gasteiger partial charge in [-0.3, -0.25) is 10.1 Å². The predicted octanol–water partition coefficient (Wildman–Crippen LogP) is 1.77. The Hall–Kier alpha value is -0.980. The first-order valence-corrected chi connectivity index (χ1v) is 5.85. The third-order valence-corrected chi connectivity index (χ3v) is 2.68. The molecule has 5 nitrogen and oxygen atoms in total. The van der Waals surface area contributed by atoms with E-state index in [2.05, 4.69) is 15.9 Å². The van der Waals surface area contributed by atoms with E-state index in [0.29, 0.717) is 11.8 Å². The molecular formula is C10H12BrNO4. The third kappa shape index (κ3) is 3.01. The second-order valence-electron chi connectivity index (χ2n) is 3.31. The van der Waals surface area contributed by atoms with Crippen LogP contribution in [0.3, 0.4) is 0 Å². The van der Waals surface area contributed by atoms with Gasteiger partial charge in [0, 0.05) is 11.4 Å². The first-order chi connectivity index (χ1) is 7.57. The van der Waals surface area contributed by atoms with Crippen LogP contribution >= 0.6 is 15.9 Å². The minimum Gasteiger partial charge on any atom is -0.390 e. The zero-order chi connectivity index (χ0) is 12.1. The van der Waals surface area contributed by atoms with Crippen LogP contribution in [0.1, 0.15) is 18.1 Å². The molecule has 0 saturated carbocycles. The van der Waals surface area contributed by atoms with Gasteiger partial charge in [-0.2, -0.15) is 0 Å². The van der Waals surface area contributed by atoms with Crippen molar-refractivity contribution in [1.82, 2.24) is 0 Å². The number of rotatable bonds is 5. The average Bonchev–Trinajstić information content (AvgIpc) is 2.28. The van der Waals surface area contributed by atoms with Crippen molar-refractivity contribution >= 4 is 21.6 Å². The zero-order valence-electron chi connectivity index (χ0n) is 8.41. The summed E-state index contributed by atoms with van der Waals surface area (Å²) in [6.45, 7) is 0. The molecule has 0 aliphatic rings. The molecule has 2 unspecified atom stereocenters. The van der Waals surface area contributed by atoms with Crippen LogP contribution in [0.5, 0.6) is 0 Å². The molecule has 0 aliphatic heterocycles.